The molecule has 0 radical (unpaired) electrons. The molecular formula is C7H13NO. The van der Waals surface area contributed by atoms with Crippen LogP contribution in [0.5, 0.6) is 0 Å². The van der Waals surface area contributed by atoms with E-state index in [1.165, 1.54) is 0 Å². The molecule has 1 rings (SSSR count). The molecule has 2 nitrogen and oxygen atoms in total. The SMILES string of the molecule is C[C@H]1CCNCCC1=O. The molecule has 1 atom stereocenters. The summed E-state index contributed by atoms with van der Waals surface area (Å²) < 4.78 is 0. The number of carbonyl (C=O) groups is 1. The molecule has 0 amide bonds. The van der Waals surface area contributed by atoms with E-state index in [1.54, 1.807) is 0 Å². The Hall–Kier alpha value is -0.370. The Morgan fingerprint density at radius 2 is 2.33 bits per heavy atom. The van der Waals surface area contributed by atoms with Gasteiger partial charge < -0.3 is 5.32 Å². The van der Waals surface area contributed by atoms with Gasteiger partial charge in [-0.25, -0.2) is 0 Å². The van der Waals surface area contributed by atoms with E-state index in [2.05, 4.69) is 5.32 Å². The summed E-state index contributed by atoms with van der Waals surface area (Å²) in [5.74, 6) is 0.708. The maximum atomic E-state index is 11.0. The highest BCUT2D eigenvalue weighted by atomic mass is 16.1. The zero-order valence-corrected chi connectivity index (χ0v) is 5.81. The van der Waals surface area contributed by atoms with Crippen molar-refractivity contribution in [1.29, 1.82) is 0 Å². The van der Waals surface area contributed by atoms with Crippen molar-refractivity contribution in [3.8, 4) is 0 Å². The quantitative estimate of drug-likeness (QED) is 0.515. The van der Waals surface area contributed by atoms with E-state index in [0.717, 1.165) is 25.9 Å². The minimum absolute atomic E-state index is 0.292. The Bertz CT molecular complexity index is 111. The van der Waals surface area contributed by atoms with Crippen molar-refractivity contribution < 1.29 is 4.79 Å². The first-order chi connectivity index (χ1) is 4.30. The molecule has 1 aliphatic rings. The van der Waals surface area contributed by atoms with Gasteiger partial charge in [-0.2, -0.15) is 0 Å². The highest BCUT2D eigenvalue weighted by Crippen LogP contribution is 2.07. The van der Waals surface area contributed by atoms with Crippen LogP contribution in [0.4, 0.5) is 0 Å². The predicted octanol–water partition coefficient (Wildman–Crippen LogP) is 0.575. The smallest absolute Gasteiger partial charge is 0.137 e. The third-order valence-corrected chi connectivity index (χ3v) is 1.85. The van der Waals surface area contributed by atoms with Gasteiger partial charge in [0.2, 0.25) is 0 Å². The fourth-order valence-electron chi connectivity index (χ4n) is 1.06. The van der Waals surface area contributed by atoms with Crippen LogP contribution in [0.15, 0.2) is 0 Å². The van der Waals surface area contributed by atoms with Crippen molar-refractivity contribution in [2.24, 2.45) is 5.92 Å². The minimum Gasteiger partial charge on any atom is -0.316 e. The Labute approximate surface area is 55.6 Å². The van der Waals surface area contributed by atoms with Gasteiger partial charge in [-0.1, -0.05) is 6.92 Å². The fourth-order valence-corrected chi connectivity index (χ4v) is 1.06. The molecule has 1 saturated heterocycles. The van der Waals surface area contributed by atoms with Crippen LogP contribution < -0.4 is 5.32 Å². The summed E-state index contributed by atoms with van der Waals surface area (Å²) in [7, 11) is 0. The topological polar surface area (TPSA) is 29.1 Å². The minimum atomic E-state index is 0.292. The van der Waals surface area contributed by atoms with Crippen LogP contribution in [0, 0.1) is 5.92 Å². The monoisotopic (exact) mass is 127 g/mol. The molecule has 1 fully saturated rings. The highest BCUT2D eigenvalue weighted by Gasteiger charge is 2.14. The number of carbonyl (C=O) groups excluding carboxylic acids is 1. The molecular weight excluding hydrogens is 114 g/mol. The van der Waals surface area contributed by atoms with E-state index in [1.807, 2.05) is 6.92 Å². The third-order valence-electron chi connectivity index (χ3n) is 1.85. The van der Waals surface area contributed by atoms with E-state index in [-0.39, 0.29) is 0 Å². The number of hydrogen-bond acceptors (Lipinski definition) is 2. The lowest BCUT2D eigenvalue weighted by atomic mass is 10.0. The second-order valence-electron chi connectivity index (χ2n) is 2.66. The van der Waals surface area contributed by atoms with Crippen LogP contribution in [-0.4, -0.2) is 18.9 Å². The first-order valence-corrected chi connectivity index (χ1v) is 3.54. The summed E-state index contributed by atoms with van der Waals surface area (Å²) in [5, 5.41) is 3.19. The van der Waals surface area contributed by atoms with Gasteiger partial charge >= 0.3 is 0 Å². The zero-order chi connectivity index (χ0) is 6.69. The van der Waals surface area contributed by atoms with Crippen molar-refractivity contribution in [2.45, 2.75) is 19.8 Å². The molecule has 0 unspecified atom stereocenters. The second kappa shape index (κ2) is 2.97. The van der Waals surface area contributed by atoms with Gasteiger partial charge in [0.05, 0.1) is 0 Å². The molecule has 2 heteroatoms. The van der Waals surface area contributed by atoms with E-state index < -0.39 is 0 Å². The average Bonchev–Trinajstić information content (AvgIpc) is 1.99. The maximum absolute atomic E-state index is 11.0. The first-order valence-electron chi connectivity index (χ1n) is 3.54. The van der Waals surface area contributed by atoms with Gasteiger partial charge in [0.15, 0.2) is 0 Å². The summed E-state index contributed by atoms with van der Waals surface area (Å²) in [5.41, 5.74) is 0. The molecule has 1 heterocycles. The number of Topliss-reactive ketones (excluding diaryl/α,β-unsaturated/α-hetero) is 1. The summed E-state index contributed by atoms with van der Waals surface area (Å²) in [6.07, 6.45) is 1.74. The van der Waals surface area contributed by atoms with Crippen LogP contribution >= 0.6 is 0 Å². The van der Waals surface area contributed by atoms with Crippen LogP contribution in [0.3, 0.4) is 0 Å². The second-order valence-corrected chi connectivity index (χ2v) is 2.66. The molecule has 0 aromatic heterocycles. The van der Waals surface area contributed by atoms with E-state index >= 15 is 0 Å². The van der Waals surface area contributed by atoms with E-state index in [4.69, 9.17) is 0 Å². The summed E-state index contributed by atoms with van der Waals surface area (Å²) in [6.45, 7) is 3.89. The molecule has 52 valence electrons. The average molecular weight is 127 g/mol. The van der Waals surface area contributed by atoms with Crippen LogP contribution in [-0.2, 0) is 4.79 Å². The highest BCUT2D eigenvalue weighted by molar-refractivity contribution is 5.81. The Morgan fingerprint density at radius 3 is 3.11 bits per heavy atom. The lowest BCUT2D eigenvalue weighted by Gasteiger charge is -2.01. The predicted molar refractivity (Wildman–Crippen MR) is 36.3 cm³/mol. The Kier molecular flexibility index (Phi) is 2.22. The normalized spacial score (nSPS) is 29.9. The van der Waals surface area contributed by atoms with Gasteiger partial charge in [-0.15, -0.1) is 0 Å². The van der Waals surface area contributed by atoms with Gasteiger partial charge in [-0.05, 0) is 13.0 Å². The number of ketones is 1. The van der Waals surface area contributed by atoms with Gasteiger partial charge in [0, 0.05) is 18.9 Å². The largest absolute Gasteiger partial charge is 0.316 e. The number of hydrogen-bond donors (Lipinski definition) is 1. The lowest BCUT2D eigenvalue weighted by Crippen LogP contribution is -2.13. The van der Waals surface area contributed by atoms with Crippen molar-refractivity contribution in [2.75, 3.05) is 13.1 Å². The molecule has 0 aliphatic carbocycles. The molecule has 0 saturated carbocycles. The van der Waals surface area contributed by atoms with Gasteiger partial charge in [0.1, 0.15) is 5.78 Å². The molecule has 1 N–H and O–H groups in total. The molecule has 1 aliphatic heterocycles. The van der Waals surface area contributed by atoms with Crippen molar-refractivity contribution in [3.05, 3.63) is 0 Å². The summed E-state index contributed by atoms with van der Waals surface area (Å²) in [6, 6.07) is 0. The Morgan fingerprint density at radius 1 is 1.56 bits per heavy atom. The van der Waals surface area contributed by atoms with Crippen molar-refractivity contribution in [3.63, 3.8) is 0 Å². The van der Waals surface area contributed by atoms with Crippen LogP contribution in [0.25, 0.3) is 0 Å². The summed E-state index contributed by atoms with van der Waals surface area (Å²) in [4.78, 5) is 11.0. The number of nitrogens with one attached hydrogen (secondary N) is 1. The Balaban J connectivity index is 2.41. The zero-order valence-electron chi connectivity index (χ0n) is 5.81. The van der Waals surface area contributed by atoms with Crippen molar-refractivity contribution in [1.82, 2.24) is 5.32 Å². The van der Waals surface area contributed by atoms with Gasteiger partial charge in [0.25, 0.3) is 0 Å². The van der Waals surface area contributed by atoms with E-state index in [9.17, 15) is 4.79 Å². The molecule has 0 aromatic carbocycles. The third kappa shape index (κ3) is 1.79. The first kappa shape index (κ1) is 6.75. The van der Waals surface area contributed by atoms with Gasteiger partial charge in [-0.3, -0.25) is 4.79 Å². The standard InChI is InChI=1S/C7H13NO/c1-6-2-4-8-5-3-7(6)9/h6,8H,2-5H2,1H3/t6-/m0/s1. The van der Waals surface area contributed by atoms with Crippen molar-refractivity contribution >= 4 is 5.78 Å². The van der Waals surface area contributed by atoms with E-state index in [0.29, 0.717) is 11.7 Å². The fraction of sp³-hybridized carbons (Fsp3) is 0.857. The maximum Gasteiger partial charge on any atom is 0.137 e. The molecule has 9 heavy (non-hydrogen) atoms. The van der Waals surface area contributed by atoms with Crippen LogP contribution in [0.2, 0.25) is 0 Å². The molecule has 0 aromatic rings. The summed E-state index contributed by atoms with van der Waals surface area (Å²) >= 11 is 0. The van der Waals surface area contributed by atoms with Crippen LogP contribution in [0.1, 0.15) is 19.8 Å². The molecule has 0 bridgehead atoms. The number of rotatable bonds is 0. The lowest BCUT2D eigenvalue weighted by molar-refractivity contribution is -0.121. The molecule has 0 spiro atoms.